The molecule has 3 heterocycles. The lowest BCUT2D eigenvalue weighted by molar-refractivity contribution is -0.130. The van der Waals surface area contributed by atoms with Gasteiger partial charge in [0.15, 0.2) is 0 Å². The van der Waals surface area contributed by atoms with Gasteiger partial charge in [0, 0.05) is 68.0 Å². The Balaban J connectivity index is 1.29. The number of benzene rings is 2. The Morgan fingerprint density at radius 1 is 1.03 bits per heavy atom. The standard InChI is InChI=1S/C27H29FN4O4/c1-18-16-30(17-19-2-5-21(28)6-3-19)8-9-32(18)26(34)23-15-29-24-7-4-20(14-22(23)24)25(33)27(35)31-10-12-36-13-11-31/h2-7,14-15,18,29H,8-13,16-17H2,1H3/t18-/m1/s1. The molecule has 2 aliphatic rings. The maximum absolute atomic E-state index is 13.5. The van der Waals surface area contributed by atoms with E-state index in [1.54, 1.807) is 36.5 Å². The largest absolute Gasteiger partial charge is 0.378 e. The normalized spacial score (nSPS) is 19.0. The first-order chi connectivity index (χ1) is 17.4. The number of amides is 2. The van der Waals surface area contributed by atoms with E-state index in [1.165, 1.54) is 17.0 Å². The van der Waals surface area contributed by atoms with Crippen LogP contribution >= 0.6 is 0 Å². The summed E-state index contributed by atoms with van der Waals surface area (Å²) in [5, 5.41) is 0.626. The number of carbonyl (C=O) groups excluding carboxylic acids is 3. The van der Waals surface area contributed by atoms with Crippen molar-refractivity contribution in [3.05, 3.63) is 71.2 Å². The maximum atomic E-state index is 13.5. The zero-order valence-electron chi connectivity index (χ0n) is 20.2. The van der Waals surface area contributed by atoms with Crippen molar-refractivity contribution in [1.82, 2.24) is 19.7 Å². The van der Waals surface area contributed by atoms with Gasteiger partial charge in [-0.3, -0.25) is 19.3 Å². The molecule has 0 aliphatic carbocycles. The predicted octanol–water partition coefficient (Wildman–Crippen LogP) is 2.70. The Bertz CT molecular complexity index is 1280. The van der Waals surface area contributed by atoms with Crippen molar-refractivity contribution < 1.29 is 23.5 Å². The summed E-state index contributed by atoms with van der Waals surface area (Å²) in [6, 6.07) is 11.4. The number of rotatable bonds is 5. The fraction of sp³-hybridized carbons (Fsp3) is 0.370. The highest BCUT2D eigenvalue weighted by molar-refractivity contribution is 6.43. The van der Waals surface area contributed by atoms with Crippen LogP contribution in [0.15, 0.2) is 48.7 Å². The predicted molar refractivity (Wildman–Crippen MR) is 132 cm³/mol. The van der Waals surface area contributed by atoms with E-state index < -0.39 is 11.7 Å². The van der Waals surface area contributed by atoms with Crippen molar-refractivity contribution in [3.63, 3.8) is 0 Å². The van der Waals surface area contributed by atoms with E-state index in [-0.39, 0.29) is 23.3 Å². The number of Topliss-reactive ketones (excluding diaryl/α,β-unsaturated/α-hetero) is 1. The number of hydrogen-bond acceptors (Lipinski definition) is 5. The van der Waals surface area contributed by atoms with Crippen molar-refractivity contribution in [1.29, 1.82) is 0 Å². The Morgan fingerprint density at radius 2 is 1.78 bits per heavy atom. The van der Waals surface area contributed by atoms with Gasteiger partial charge in [-0.25, -0.2) is 4.39 Å². The van der Waals surface area contributed by atoms with Gasteiger partial charge in [-0.1, -0.05) is 12.1 Å². The van der Waals surface area contributed by atoms with Gasteiger partial charge in [-0.2, -0.15) is 0 Å². The highest BCUT2D eigenvalue weighted by atomic mass is 19.1. The summed E-state index contributed by atoms with van der Waals surface area (Å²) in [5.41, 5.74) is 2.52. The molecule has 5 rings (SSSR count). The molecule has 0 saturated carbocycles. The molecule has 188 valence electrons. The van der Waals surface area contributed by atoms with E-state index in [4.69, 9.17) is 4.74 Å². The zero-order valence-corrected chi connectivity index (χ0v) is 20.2. The molecule has 3 aromatic rings. The fourth-order valence-electron chi connectivity index (χ4n) is 4.95. The molecule has 1 N–H and O–H groups in total. The first kappa shape index (κ1) is 24.1. The van der Waals surface area contributed by atoms with Crippen LogP contribution in [0.4, 0.5) is 4.39 Å². The molecule has 0 radical (unpaired) electrons. The number of halogens is 1. The third-order valence-electron chi connectivity index (χ3n) is 6.96. The first-order valence-corrected chi connectivity index (χ1v) is 12.2. The van der Waals surface area contributed by atoms with Crippen LogP contribution in [0.5, 0.6) is 0 Å². The van der Waals surface area contributed by atoms with Crippen LogP contribution in [-0.4, -0.2) is 89.3 Å². The van der Waals surface area contributed by atoms with E-state index in [2.05, 4.69) is 9.88 Å². The van der Waals surface area contributed by atoms with Gasteiger partial charge in [0.25, 0.3) is 11.8 Å². The van der Waals surface area contributed by atoms with Gasteiger partial charge in [-0.15, -0.1) is 0 Å². The number of fused-ring (bicyclic) bond motifs is 1. The lowest BCUT2D eigenvalue weighted by Crippen LogP contribution is -2.53. The first-order valence-electron chi connectivity index (χ1n) is 12.2. The zero-order chi connectivity index (χ0) is 25.2. The van der Waals surface area contributed by atoms with Crippen LogP contribution in [-0.2, 0) is 16.1 Å². The summed E-state index contributed by atoms with van der Waals surface area (Å²) < 4.78 is 18.5. The van der Waals surface area contributed by atoms with Crippen LogP contribution in [0.3, 0.4) is 0 Å². The summed E-state index contributed by atoms with van der Waals surface area (Å²) in [7, 11) is 0. The van der Waals surface area contributed by atoms with E-state index in [1.807, 2.05) is 11.8 Å². The SMILES string of the molecule is C[C@@H]1CN(Cc2ccc(F)cc2)CCN1C(=O)c1c[nH]c2ccc(C(=O)C(=O)N3CCOCC3)cc12. The monoisotopic (exact) mass is 492 g/mol. The molecule has 2 fully saturated rings. The number of aromatic amines is 1. The minimum Gasteiger partial charge on any atom is -0.378 e. The number of nitrogens with zero attached hydrogens (tertiary/aromatic N) is 3. The third-order valence-corrected chi connectivity index (χ3v) is 6.96. The number of carbonyl (C=O) groups is 3. The molecule has 2 aliphatic heterocycles. The molecule has 0 unspecified atom stereocenters. The lowest BCUT2D eigenvalue weighted by atomic mass is 10.0. The van der Waals surface area contributed by atoms with Gasteiger partial charge in [-0.05, 0) is 42.8 Å². The maximum Gasteiger partial charge on any atom is 0.295 e. The summed E-state index contributed by atoms with van der Waals surface area (Å²) in [4.78, 5) is 47.8. The highest BCUT2D eigenvalue weighted by Crippen LogP contribution is 2.24. The second kappa shape index (κ2) is 10.2. The Hall–Kier alpha value is -3.56. The molecule has 2 saturated heterocycles. The van der Waals surface area contributed by atoms with Crippen LogP contribution < -0.4 is 0 Å². The van der Waals surface area contributed by atoms with Gasteiger partial charge in [0.2, 0.25) is 5.78 Å². The summed E-state index contributed by atoms with van der Waals surface area (Å²) >= 11 is 0. The summed E-state index contributed by atoms with van der Waals surface area (Å²) in [6.07, 6.45) is 1.67. The molecule has 36 heavy (non-hydrogen) atoms. The van der Waals surface area contributed by atoms with Crippen molar-refractivity contribution in [2.45, 2.75) is 19.5 Å². The molecular formula is C27H29FN4O4. The average molecular weight is 493 g/mol. The number of morpholine rings is 1. The number of ketones is 1. The second-order valence-corrected chi connectivity index (χ2v) is 9.41. The van der Waals surface area contributed by atoms with Crippen LogP contribution in [0.1, 0.15) is 33.2 Å². The van der Waals surface area contributed by atoms with Crippen molar-refractivity contribution in [3.8, 4) is 0 Å². The number of aromatic nitrogens is 1. The smallest absolute Gasteiger partial charge is 0.295 e. The molecule has 9 heteroatoms. The average Bonchev–Trinajstić information content (AvgIpc) is 3.33. The minimum absolute atomic E-state index is 0.0237. The van der Waals surface area contributed by atoms with Crippen LogP contribution in [0.2, 0.25) is 0 Å². The second-order valence-electron chi connectivity index (χ2n) is 9.41. The molecule has 0 spiro atoms. The van der Waals surface area contributed by atoms with Crippen LogP contribution in [0, 0.1) is 5.82 Å². The Kier molecular flexibility index (Phi) is 6.84. The molecule has 2 amide bonds. The Morgan fingerprint density at radius 3 is 2.50 bits per heavy atom. The van der Waals surface area contributed by atoms with Gasteiger partial charge in [0.05, 0.1) is 18.8 Å². The van der Waals surface area contributed by atoms with E-state index >= 15 is 0 Å². The third kappa shape index (κ3) is 4.89. The Labute approximate surface area is 208 Å². The molecular weight excluding hydrogens is 463 g/mol. The van der Waals surface area contributed by atoms with Gasteiger partial charge >= 0.3 is 0 Å². The lowest BCUT2D eigenvalue weighted by Gasteiger charge is -2.40. The van der Waals surface area contributed by atoms with E-state index in [0.29, 0.717) is 63.4 Å². The number of nitrogens with one attached hydrogen (secondary N) is 1. The van der Waals surface area contributed by atoms with E-state index in [9.17, 15) is 18.8 Å². The van der Waals surface area contributed by atoms with Gasteiger partial charge in [0.1, 0.15) is 5.82 Å². The fourth-order valence-corrected chi connectivity index (χ4v) is 4.95. The van der Waals surface area contributed by atoms with Crippen molar-refractivity contribution in [2.24, 2.45) is 0 Å². The number of piperazine rings is 1. The molecule has 2 aromatic carbocycles. The van der Waals surface area contributed by atoms with Gasteiger partial charge < -0.3 is 19.5 Å². The number of hydrogen-bond donors (Lipinski definition) is 1. The van der Waals surface area contributed by atoms with Crippen LogP contribution in [0.25, 0.3) is 10.9 Å². The van der Waals surface area contributed by atoms with E-state index in [0.717, 1.165) is 11.1 Å². The van der Waals surface area contributed by atoms with Crippen molar-refractivity contribution in [2.75, 3.05) is 45.9 Å². The quantitative estimate of drug-likeness (QED) is 0.437. The van der Waals surface area contributed by atoms with Crippen molar-refractivity contribution >= 4 is 28.5 Å². The number of ether oxygens (including phenoxy) is 1. The molecule has 8 nitrogen and oxygen atoms in total. The summed E-state index contributed by atoms with van der Waals surface area (Å²) in [6.45, 7) is 6.30. The molecule has 0 bridgehead atoms. The highest BCUT2D eigenvalue weighted by Gasteiger charge is 2.30. The topological polar surface area (TPSA) is 86.0 Å². The molecule has 1 aromatic heterocycles. The molecule has 1 atom stereocenters. The number of H-pyrrole nitrogens is 1. The minimum atomic E-state index is -0.582. The summed E-state index contributed by atoms with van der Waals surface area (Å²) in [5.74, 6) is -1.50.